The molecule has 0 amide bonds. The minimum atomic E-state index is -4.25. The predicted molar refractivity (Wildman–Crippen MR) is 65.9 cm³/mol. The van der Waals surface area contributed by atoms with Gasteiger partial charge >= 0.3 is 5.51 Å². The van der Waals surface area contributed by atoms with Gasteiger partial charge in [-0.25, -0.2) is 0 Å². The molecule has 0 aliphatic carbocycles. The van der Waals surface area contributed by atoms with Crippen LogP contribution < -0.4 is 0 Å². The quantitative estimate of drug-likeness (QED) is 0.595. The zero-order valence-corrected chi connectivity index (χ0v) is 11.0. The van der Waals surface area contributed by atoms with Crippen molar-refractivity contribution >= 4 is 23.4 Å². The first-order chi connectivity index (χ1) is 8.49. The van der Waals surface area contributed by atoms with E-state index in [0.29, 0.717) is 12.5 Å². The van der Waals surface area contributed by atoms with Crippen molar-refractivity contribution in [2.24, 2.45) is 5.92 Å². The molecule has 1 nitrogen and oxygen atoms in total. The lowest BCUT2D eigenvalue weighted by Crippen LogP contribution is -2.08. The summed E-state index contributed by atoms with van der Waals surface area (Å²) in [6.07, 6.45) is 0.806. The van der Waals surface area contributed by atoms with Crippen LogP contribution in [0.5, 0.6) is 0 Å². The number of ether oxygens (including phenoxy) is 1. The van der Waals surface area contributed by atoms with Crippen LogP contribution in [-0.4, -0.2) is 18.0 Å². The first-order valence-electron chi connectivity index (χ1n) is 5.53. The summed E-state index contributed by atoms with van der Waals surface area (Å²) in [5.41, 5.74) is -3.35. The molecule has 1 heterocycles. The van der Waals surface area contributed by atoms with E-state index >= 15 is 0 Å². The van der Waals surface area contributed by atoms with Gasteiger partial charge in [0.1, 0.15) is 0 Å². The van der Waals surface area contributed by atoms with Crippen LogP contribution in [0.2, 0.25) is 0 Å². The van der Waals surface area contributed by atoms with Crippen LogP contribution in [0, 0.1) is 5.92 Å². The Morgan fingerprint density at radius 3 is 2.50 bits per heavy atom. The Morgan fingerprint density at radius 2 is 1.94 bits per heavy atom. The molecule has 0 spiro atoms. The molecule has 100 valence electrons. The van der Waals surface area contributed by atoms with E-state index in [2.05, 4.69) is 0 Å². The van der Waals surface area contributed by atoms with Crippen molar-refractivity contribution in [3.63, 3.8) is 0 Å². The molecular formula is C12H12ClF3OS. The fourth-order valence-corrected chi connectivity index (χ4v) is 2.88. The Balaban J connectivity index is 2.08. The van der Waals surface area contributed by atoms with E-state index < -0.39 is 5.51 Å². The third-order valence-electron chi connectivity index (χ3n) is 2.85. The average molecular weight is 297 g/mol. The van der Waals surface area contributed by atoms with E-state index in [1.54, 1.807) is 12.1 Å². The van der Waals surface area contributed by atoms with Crippen molar-refractivity contribution in [2.45, 2.75) is 22.9 Å². The van der Waals surface area contributed by atoms with Crippen molar-refractivity contribution in [3.05, 3.63) is 29.8 Å². The average Bonchev–Trinajstić information content (AvgIpc) is 2.76. The maximum atomic E-state index is 12.2. The molecule has 1 aliphatic rings. The molecule has 0 radical (unpaired) electrons. The first kappa shape index (κ1) is 14.0. The van der Waals surface area contributed by atoms with Crippen molar-refractivity contribution < 1.29 is 17.9 Å². The Morgan fingerprint density at radius 1 is 1.28 bits per heavy atom. The van der Waals surface area contributed by atoms with Gasteiger partial charge in [-0.1, -0.05) is 12.1 Å². The molecular weight excluding hydrogens is 285 g/mol. The monoisotopic (exact) mass is 296 g/mol. The van der Waals surface area contributed by atoms with Crippen molar-refractivity contribution in [1.29, 1.82) is 0 Å². The van der Waals surface area contributed by atoms with Crippen LogP contribution in [0.1, 0.15) is 18.1 Å². The second kappa shape index (κ2) is 5.72. The minimum Gasteiger partial charge on any atom is -0.373 e. The molecule has 0 saturated carbocycles. The zero-order valence-electron chi connectivity index (χ0n) is 9.41. The summed E-state index contributed by atoms with van der Waals surface area (Å²) in [6.45, 7) is 0.654. The van der Waals surface area contributed by atoms with Gasteiger partial charge in [0.05, 0.1) is 6.10 Å². The summed E-state index contributed by atoms with van der Waals surface area (Å²) in [7, 11) is 0. The third-order valence-corrected chi connectivity index (χ3v) is 3.99. The number of halogens is 4. The zero-order chi connectivity index (χ0) is 13.2. The maximum Gasteiger partial charge on any atom is 0.446 e. The Bertz CT molecular complexity index is 393. The Hall–Kier alpha value is -0.390. The van der Waals surface area contributed by atoms with E-state index in [-0.39, 0.29) is 28.7 Å². The second-order valence-corrected chi connectivity index (χ2v) is 5.56. The molecule has 0 aromatic heterocycles. The van der Waals surface area contributed by atoms with Gasteiger partial charge < -0.3 is 4.74 Å². The van der Waals surface area contributed by atoms with Gasteiger partial charge in [-0.05, 0) is 35.9 Å². The summed E-state index contributed by atoms with van der Waals surface area (Å²) in [5, 5.41) is 0. The summed E-state index contributed by atoms with van der Waals surface area (Å²) in [6, 6.07) is 6.31. The first-order valence-corrected chi connectivity index (χ1v) is 6.88. The van der Waals surface area contributed by atoms with Crippen molar-refractivity contribution in [1.82, 2.24) is 0 Å². The van der Waals surface area contributed by atoms with Crippen LogP contribution >= 0.6 is 23.4 Å². The molecule has 1 fully saturated rings. The highest BCUT2D eigenvalue weighted by Crippen LogP contribution is 2.39. The van der Waals surface area contributed by atoms with Crippen molar-refractivity contribution in [3.8, 4) is 0 Å². The molecule has 6 heteroatoms. The van der Waals surface area contributed by atoms with Gasteiger partial charge in [-0.15, -0.1) is 11.6 Å². The number of benzene rings is 1. The fraction of sp³-hybridized carbons (Fsp3) is 0.500. The molecule has 0 bridgehead atoms. The van der Waals surface area contributed by atoms with Crippen LogP contribution in [-0.2, 0) is 4.74 Å². The van der Waals surface area contributed by atoms with Crippen molar-refractivity contribution in [2.75, 3.05) is 12.5 Å². The highest BCUT2D eigenvalue weighted by molar-refractivity contribution is 8.00. The lowest BCUT2D eigenvalue weighted by molar-refractivity contribution is -0.0328. The third kappa shape index (κ3) is 3.56. The van der Waals surface area contributed by atoms with E-state index in [1.807, 2.05) is 0 Å². The SMILES string of the molecule is FC(F)(F)Sc1ccc(C2OCCC2CCl)cc1. The Labute approximate surface area is 113 Å². The normalized spacial score (nSPS) is 24.4. The standard InChI is InChI=1S/C12H12ClF3OS/c13-7-9-5-6-17-11(9)8-1-3-10(4-2-8)18-12(14,15)16/h1-4,9,11H,5-7H2. The second-order valence-electron chi connectivity index (χ2n) is 4.11. The Kier molecular flexibility index (Phi) is 4.45. The van der Waals surface area contributed by atoms with Crippen LogP contribution in [0.3, 0.4) is 0 Å². The van der Waals surface area contributed by atoms with Gasteiger partial charge in [-0.3, -0.25) is 0 Å². The van der Waals surface area contributed by atoms with Gasteiger partial charge in [0.15, 0.2) is 0 Å². The molecule has 18 heavy (non-hydrogen) atoms. The molecule has 1 aromatic rings. The summed E-state index contributed by atoms with van der Waals surface area (Å²) in [5.74, 6) is 0.747. The van der Waals surface area contributed by atoms with E-state index in [9.17, 15) is 13.2 Å². The number of alkyl halides is 4. The van der Waals surface area contributed by atoms with Gasteiger partial charge in [0.25, 0.3) is 0 Å². The fourth-order valence-electron chi connectivity index (χ4n) is 2.02. The summed E-state index contributed by atoms with van der Waals surface area (Å²) < 4.78 is 42.1. The maximum absolute atomic E-state index is 12.2. The number of hydrogen-bond donors (Lipinski definition) is 0. The van der Waals surface area contributed by atoms with Crippen LogP contribution in [0.25, 0.3) is 0 Å². The lowest BCUT2D eigenvalue weighted by atomic mass is 9.97. The summed E-state index contributed by atoms with van der Waals surface area (Å²) >= 11 is 5.73. The minimum absolute atomic E-state index is 0.0903. The molecule has 0 N–H and O–H groups in total. The summed E-state index contributed by atoms with van der Waals surface area (Å²) in [4.78, 5) is 0.187. The van der Waals surface area contributed by atoms with Crippen LogP contribution in [0.15, 0.2) is 29.2 Å². The highest BCUT2D eigenvalue weighted by Gasteiger charge is 2.31. The van der Waals surface area contributed by atoms with E-state index in [0.717, 1.165) is 12.0 Å². The largest absolute Gasteiger partial charge is 0.446 e. The molecule has 2 unspecified atom stereocenters. The van der Waals surface area contributed by atoms with E-state index in [4.69, 9.17) is 16.3 Å². The van der Waals surface area contributed by atoms with Gasteiger partial charge in [0, 0.05) is 23.3 Å². The lowest BCUT2D eigenvalue weighted by Gasteiger charge is -2.17. The smallest absolute Gasteiger partial charge is 0.373 e. The molecule has 1 aromatic carbocycles. The van der Waals surface area contributed by atoms with E-state index in [1.165, 1.54) is 12.1 Å². The highest BCUT2D eigenvalue weighted by atomic mass is 35.5. The van der Waals surface area contributed by atoms with Gasteiger partial charge in [0.2, 0.25) is 0 Å². The molecule has 2 atom stereocenters. The topological polar surface area (TPSA) is 9.23 Å². The molecule has 1 aliphatic heterocycles. The molecule has 2 rings (SSSR count). The van der Waals surface area contributed by atoms with Crippen LogP contribution in [0.4, 0.5) is 13.2 Å². The van der Waals surface area contributed by atoms with Gasteiger partial charge in [-0.2, -0.15) is 13.2 Å². The number of hydrogen-bond acceptors (Lipinski definition) is 2. The predicted octanol–water partition coefficient (Wildman–Crippen LogP) is 4.61. The number of thioether (sulfide) groups is 1. The number of rotatable bonds is 3. The molecule has 1 saturated heterocycles.